The zero-order valence-corrected chi connectivity index (χ0v) is 19.5. The monoisotopic (exact) mass is 457 g/mol. The average Bonchev–Trinajstić information content (AvgIpc) is 3.18. The molecule has 2 aromatic carbocycles. The molecule has 31 heavy (non-hydrogen) atoms. The number of hydrogen-bond donors (Lipinski definition) is 2. The fourth-order valence-corrected chi connectivity index (χ4v) is 5.34. The fourth-order valence-electron chi connectivity index (χ4n) is 2.87. The first-order valence-corrected chi connectivity index (χ1v) is 12.6. The number of aryl methyl sites for hydroxylation is 1. The first-order chi connectivity index (χ1) is 14.8. The van der Waals surface area contributed by atoms with E-state index in [4.69, 9.17) is 0 Å². The Kier molecular flexibility index (Phi) is 7.56. The number of sulfone groups is 1. The van der Waals surface area contributed by atoms with Gasteiger partial charge in [0.2, 0.25) is 15.7 Å². The maximum atomic E-state index is 13.3. The topological polar surface area (TPSA) is 91.9 Å². The lowest BCUT2D eigenvalue weighted by Crippen LogP contribution is -2.27. The summed E-state index contributed by atoms with van der Waals surface area (Å²) in [4.78, 5) is 19.9. The van der Waals surface area contributed by atoms with Crippen molar-refractivity contribution in [3.05, 3.63) is 60.2 Å². The summed E-state index contributed by atoms with van der Waals surface area (Å²) in [5.74, 6) is 0.901. The predicted molar refractivity (Wildman–Crippen MR) is 124 cm³/mol. The third-order valence-electron chi connectivity index (χ3n) is 4.67. The highest BCUT2D eigenvalue weighted by atomic mass is 32.2. The lowest BCUT2D eigenvalue weighted by molar-refractivity contribution is -0.118. The molecule has 0 unspecified atom stereocenters. The highest BCUT2D eigenvalue weighted by molar-refractivity contribution is 8.00. The number of aromatic nitrogens is 2. The molecule has 2 N–H and O–H groups in total. The van der Waals surface area contributed by atoms with Gasteiger partial charge >= 0.3 is 0 Å². The maximum absolute atomic E-state index is 13.3. The molecular formula is C23H27N3O3S2. The molecule has 0 atom stereocenters. The molecule has 3 aromatic rings. The summed E-state index contributed by atoms with van der Waals surface area (Å²) in [7, 11) is -3.81. The van der Waals surface area contributed by atoms with Gasteiger partial charge in [0, 0.05) is 12.1 Å². The Bertz CT molecular complexity index is 1120. The van der Waals surface area contributed by atoms with Crippen LogP contribution < -0.4 is 5.32 Å². The van der Waals surface area contributed by atoms with Crippen LogP contribution in [0, 0.1) is 12.8 Å². The maximum Gasteiger partial charge on any atom is 0.230 e. The van der Waals surface area contributed by atoms with Crippen LogP contribution in [0.5, 0.6) is 0 Å². The van der Waals surface area contributed by atoms with Crippen LogP contribution in [-0.4, -0.2) is 36.6 Å². The minimum atomic E-state index is -3.81. The number of nitrogens with one attached hydrogen (secondary N) is 2. The zero-order valence-electron chi connectivity index (χ0n) is 17.9. The largest absolute Gasteiger partial charge is 0.355 e. The molecular weight excluding hydrogens is 430 g/mol. The molecule has 0 saturated heterocycles. The predicted octanol–water partition coefficient (Wildman–Crippen LogP) is 4.47. The van der Waals surface area contributed by atoms with Crippen molar-refractivity contribution in [1.82, 2.24) is 15.3 Å². The Morgan fingerprint density at radius 2 is 1.77 bits per heavy atom. The number of hydrogen-bond acceptors (Lipinski definition) is 5. The summed E-state index contributed by atoms with van der Waals surface area (Å²) in [5, 5.41) is 3.17. The molecule has 0 fully saturated rings. The molecule has 0 spiro atoms. The molecule has 164 valence electrons. The highest BCUT2D eigenvalue weighted by Crippen LogP contribution is 2.32. The van der Waals surface area contributed by atoms with Crippen molar-refractivity contribution in [2.45, 2.75) is 42.1 Å². The molecule has 0 bridgehead atoms. The minimum Gasteiger partial charge on any atom is -0.355 e. The standard InChI is InChI=1S/C23H27N3O3S2/c1-16(2)13-14-24-20(27)15-30-22-23(31(28,29)19-7-5-4-6-8-19)26-21(25-22)18-11-9-17(3)10-12-18/h4-12,16H,13-15H2,1-3H3,(H,24,27)(H,25,26). The summed E-state index contributed by atoms with van der Waals surface area (Å²) in [6, 6.07) is 15.9. The van der Waals surface area contributed by atoms with Crippen LogP contribution in [0.1, 0.15) is 25.8 Å². The van der Waals surface area contributed by atoms with E-state index < -0.39 is 9.84 Å². The second kappa shape index (κ2) is 10.2. The van der Waals surface area contributed by atoms with E-state index in [1.54, 1.807) is 30.3 Å². The number of carbonyl (C=O) groups is 1. The van der Waals surface area contributed by atoms with E-state index in [2.05, 4.69) is 29.1 Å². The van der Waals surface area contributed by atoms with E-state index in [0.29, 0.717) is 23.3 Å². The van der Waals surface area contributed by atoms with Crippen LogP contribution in [0.15, 0.2) is 69.5 Å². The van der Waals surface area contributed by atoms with Crippen LogP contribution in [0.3, 0.4) is 0 Å². The smallest absolute Gasteiger partial charge is 0.230 e. The molecule has 8 heteroatoms. The Hall–Kier alpha value is -2.58. The molecule has 1 amide bonds. The quantitative estimate of drug-likeness (QED) is 0.463. The molecule has 0 radical (unpaired) electrons. The lowest BCUT2D eigenvalue weighted by Gasteiger charge is -2.07. The van der Waals surface area contributed by atoms with Gasteiger partial charge < -0.3 is 10.3 Å². The summed E-state index contributed by atoms with van der Waals surface area (Å²) in [6.07, 6.45) is 0.893. The Morgan fingerprint density at radius 3 is 2.42 bits per heavy atom. The molecule has 0 saturated carbocycles. The van der Waals surface area contributed by atoms with Crippen LogP contribution in [0.4, 0.5) is 0 Å². The van der Waals surface area contributed by atoms with E-state index >= 15 is 0 Å². The molecule has 0 aliphatic rings. The number of benzene rings is 2. The minimum absolute atomic E-state index is 0.00857. The molecule has 6 nitrogen and oxygen atoms in total. The van der Waals surface area contributed by atoms with Crippen molar-refractivity contribution in [1.29, 1.82) is 0 Å². The SMILES string of the molecule is Cc1ccc(-c2nc(SCC(=O)NCCC(C)C)c(S(=O)(=O)c3ccccc3)[nH]2)cc1. The second-order valence-corrected chi connectivity index (χ2v) is 10.6. The summed E-state index contributed by atoms with van der Waals surface area (Å²) >= 11 is 1.12. The first-order valence-electron chi connectivity index (χ1n) is 10.1. The number of amides is 1. The second-order valence-electron chi connectivity index (χ2n) is 7.72. The summed E-state index contributed by atoms with van der Waals surface area (Å²) in [6.45, 7) is 6.77. The van der Waals surface area contributed by atoms with Crippen molar-refractivity contribution in [3.8, 4) is 11.4 Å². The van der Waals surface area contributed by atoms with Gasteiger partial charge in [-0.15, -0.1) is 0 Å². The Labute approximate surface area is 187 Å². The van der Waals surface area contributed by atoms with Gasteiger partial charge in [0.05, 0.1) is 10.6 Å². The highest BCUT2D eigenvalue weighted by Gasteiger charge is 2.26. The number of nitrogens with zero attached hydrogens (tertiary/aromatic N) is 1. The number of thioether (sulfide) groups is 1. The fraction of sp³-hybridized carbons (Fsp3) is 0.304. The van der Waals surface area contributed by atoms with Gasteiger partial charge in [0.15, 0.2) is 5.03 Å². The van der Waals surface area contributed by atoms with Gasteiger partial charge in [0.1, 0.15) is 10.9 Å². The van der Waals surface area contributed by atoms with Gasteiger partial charge in [-0.3, -0.25) is 4.79 Å². The summed E-state index contributed by atoms with van der Waals surface area (Å²) < 4.78 is 26.5. The number of aromatic amines is 1. The Morgan fingerprint density at radius 1 is 1.10 bits per heavy atom. The van der Waals surface area contributed by atoms with E-state index in [0.717, 1.165) is 29.3 Å². The number of rotatable bonds is 9. The van der Waals surface area contributed by atoms with Crippen molar-refractivity contribution in [2.75, 3.05) is 12.3 Å². The molecule has 0 aliphatic heterocycles. The van der Waals surface area contributed by atoms with Gasteiger partial charge in [-0.05, 0) is 31.4 Å². The third kappa shape index (κ3) is 5.98. The van der Waals surface area contributed by atoms with E-state index in [1.807, 2.05) is 31.2 Å². The zero-order chi connectivity index (χ0) is 22.4. The Balaban J connectivity index is 1.89. The molecule has 0 aliphatic carbocycles. The van der Waals surface area contributed by atoms with Crippen molar-refractivity contribution in [3.63, 3.8) is 0 Å². The summed E-state index contributed by atoms with van der Waals surface area (Å²) in [5.41, 5.74) is 1.88. The molecule has 1 heterocycles. The number of H-pyrrole nitrogens is 1. The molecule has 3 rings (SSSR count). The van der Waals surface area contributed by atoms with Crippen LogP contribution in [0.2, 0.25) is 0 Å². The van der Waals surface area contributed by atoms with Gasteiger partial charge in [-0.25, -0.2) is 13.4 Å². The van der Waals surface area contributed by atoms with Crippen LogP contribution in [-0.2, 0) is 14.6 Å². The van der Waals surface area contributed by atoms with Crippen LogP contribution in [0.25, 0.3) is 11.4 Å². The van der Waals surface area contributed by atoms with E-state index in [9.17, 15) is 13.2 Å². The van der Waals surface area contributed by atoms with Gasteiger partial charge in [-0.1, -0.05) is 73.6 Å². The normalized spacial score (nSPS) is 11.6. The van der Waals surface area contributed by atoms with Gasteiger partial charge in [-0.2, -0.15) is 0 Å². The average molecular weight is 458 g/mol. The van der Waals surface area contributed by atoms with Crippen molar-refractivity contribution < 1.29 is 13.2 Å². The van der Waals surface area contributed by atoms with E-state index in [-0.39, 0.29) is 21.6 Å². The third-order valence-corrected chi connectivity index (χ3v) is 7.50. The molecule has 1 aromatic heterocycles. The van der Waals surface area contributed by atoms with Crippen molar-refractivity contribution >= 4 is 27.5 Å². The number of carbonyl (C=O) groups excluding carboxylic acids is 1. The van der Waals surface area contributed by atoms with E-state index in [1.165, 1.54) is 0 Å². The van der Waals surface area contributed by atoms with Gasteiger partial charge in [0.25, 0.3) is 0 Å². The first kappa shape index (κ1) is 23.1. The van der Waals surface area contributed by atoms with Crippen LogP contribution >= 0.6 is 11.8 Å². The van der Waals surface area contributed by atoms with Crippen molar-refractivity contribution in [2.24, 2.45) is 5.92 Å². The number of imidazole rings is 1. The lowest BCUT2D eigenvalue weighted by atomic mass is 10.1.